The fraction of sp³-hybridized carbons (Fsp3) is 0.600. The molecule has 0 aromatic rings. The number of thioether (sulfide) groups is 1. The summed E-state index contributed by atoms with van der Waals surface area (Å²) in [4.78, 5) is 22.3. The first kappa shape index (κ1) is 9.29. The molecular formula is C5H10N2O2S. The summed E-state index contributed by atoms with van der Waals surface area (Å²) in [5.74, 6) is -0.419. The van der Waals surface area contributed by atoms with Crippen LogP contribution in [0.4, 0.5) is 4.79 Å². The first-order chi connectivity index (χ1) is 4.54. The van der Waals surface area contributed by atoms with Gasteiger partial charge in [0.05, 0.1) is 5.75 Å². The van der Waals surface area contributed by atoms with Gasteiger partial charge in [-0.3, -0.25) is 9.59 Å². The number of carbonyl (C=O) groups is 2. The first-order valence-electron chi connectivity index (χ1n) is 2.66. The largest absolute Gasteiger partial charge is 0.369 e. The van der Waals surface area contributed by atoms with Gasteiger partial charge in [0, 0.05) is 14.1 Å². The van der Waals surface area contributed by atoms with Crippen molar-refractivity contribution in [2.24, 2.45) is 5.73 Å². The van der Waals surface area contributed by atoms with E-state index in [1.54, 1.807) is 14.1 Å². The number of nitrogens with zero attached hydrogens (tertiary/aromatic N) is 1. The van der Waals surface area contributed by atoms with Crippen LogP contribution in [0.5, 0.6) is 0 Å². The minimum absolute atomic E-state index is 0.0526. The van der Waals surface area contributed by atoms with Crippen molar-refractivity contribution < 1.29 is 9.59 Å². The number of nitrogens with two attached hydrogens (primary N) is 1. The summed E-state index contributed by atoms with van der Waals surface area (Å²) in [5.41, 5.74) is 4.81. The Bertz CT molecular complexity index is 147. The third kappa shape index (κ3) is 4.20. The molecule has 10 heavy (non-hydrogen) atoms. The lowest BCUT2D eigenvalue weighted by atomic mass is 10.8. The van der Waals surface area contributed by atoms with Gasteiger partial charge in [0.25, 0.3) is 5.24 Å². The van der Waals surface area contributed by atoms with Crippen LogP contribution in [0.15, 0.2) is 0 Å². The first-order valence-corrected chi connectivity index (χ1v) is 3.65. The molecule has 4 nitrogen and oxygen atoms in total. The predicted octanol–water partition coefficient (Wildman–Crippen LogP) is -0.114. The molecule has 0 aliphatic heterocycles. The second-order valence-corrected chi connectivity index (χ2v) is 2.84. The minimum Gasteiger partial charge on any atom is -0.369 e. The zero-order chi connectivity index (χ0) is 8.15. The molecule has 58 valence electrons. The molecule has 0 rings (SSSR count). The Balaban J connectivity index is 3.50. The van der Waals surface area contributed by atoms with Crippen LogP contribution >= 0.6 is 11.8 Å². The van der Waals surface area contributed by atoms with Gasteiger partial charge in [0.2, 0.25) is 5.91 Å². The van der Waals surface area contributed by atoms with E-state index in [9.17, 15) is 9.59 Å². The Kier molecular flexibility index (Phi) is 3.87. The summed E-state index contributed by atoms with van der Waals surface area (Å²) in [6.45, 7) is 0. The number of primary amides is 1. The van der Waals surface area contributed by atoms with Crippen LogP contribution in [-0.2, 0) is 4.79 Å². The van der Waals surface area contributed by atoms with Crippen molar-refractivity contribution in [3.63, 3.8) is 0 Å². The van der Waals surface area contributed by atoms with E-state index in [0.717, 1.165) is 11.8 Å². The van der Waals surface area contributed by atoms with Crippen LogP contribution in [-0.4, -0.2) is 35.9 Å². The van der Waals surface area contributed by atoms with Crippen LogP contribution in [0.3, 0.4) is 0 Å². The SMILES string of the molecule is CN(C)C(=O)SCC(N)=O. The van der Waals surface area contributed by atoms with Crippen LogP contribution in [0, 0.1) is 0 Å². The van der Waals surface area contributed by atoms with Gasteiger partial charge in [-0.1, -0.05) is 11.8 Å². The summed E-state index contributed by atoms with van der Waals surface area (Å²) in [6, 6.07) is 0. The maximum Gasteiger partial charge on any atom is 0.281 e. The van der Waals surface area contributed by atoms with Gasteiger partial charge in [-0.05, 0) is 0 Å². The van der Waals surface area contributed by atoms with Gasteiger partial charge < -0.3 is 10.6 Å². The molecule has 0 radical (unpaired) electrons. The van der Waals surface area contributed by atoms with E-state index in [0.29, 0.717) is 0 Å². The number of hydrogen-bond donors (Lipinski definition) is 1. The minimum atomic E-state index is -0.472. The monoisotopic (exact) mass is 162 g/mol. The van der Waals surface area contributed by atoms with E-state index in [1.165, 1.54) is 4.90 Å². The predicted molar refractivity (Wildman–Crippen MR) is 40.7 cm³/mol. The lowest BCUT2D eigenvalue weighted by Gasteiger charge is -2.06. The molecule has 0 aromatic heterocycles. The van der Waals surface area contributed by atoms with Gasteiger partial charge in [0.1, 0.15) is 0 Å². The van der Waals surface area contributed by atoms with E-state index in [1.807, 2.05) is 0 Å². The summed E-state index contributed by atoms with van der Waals surface area (Å²) in [6.07, 6.45) is 0. The van der Waals surface area contributed by atoms with Crippen molar-refractivity contribution in [3.8, 4) is 0 Å². The zero-order valence-corrected chi connectivity index (χ0v) is 6.77. The molecule has 0 aliphatic rings. The highest BCUT2D eigenvalue weighted by molar-refractivity contribution is 8.14. The van der Waals surface area contributed by atoms with Crippen molar-refractivity contribution in [2.45, 2.75) is 0 Å². The van der Waals surface area contributed by atoms with Gasteiger partial charge in [-0.15, -0.1) is 0 Å². The third-order valence-electron chi connectivity index (χ3n) is 0.703. The Hall–Kier alpha value is -0.710. The second-order valence-electron chi connectivity index (χ2n) is 1.92. The summed E-state index contributed by atoms with van der Waals surface area (Å²) >= 11 is 0.905. The molecule has 0 fully saturated rings. The van der Waals surface area contributed by atoms with Crippen molar-refractivity contribution in [2.75, 3.05) is 19.8 Å². The van der Waals surface area contributed by atoms with Gasteiger partial charge in [0.15, 0.2) is 0 Å². The number of carbonyl (C=O) groups excluding carboxylic acids is 2. The Morgan fingerprint density at radius 1 is 1.50 bits per heavy atom. The molecule has 0 aromatic carbocycles. The maximum absolute atomic E-state index is 10.7. The van der Waals surface area contributed by atoms with Crippen LogP contribution in [0.25, 0.3) is 0 Å². The lowest BCUT2D eigenvalue weighted by molar-refractivity contribution is -0.115. The molecule has 0 bridgehead atoms. The third-order valence-corrected chi connectivity index (χ3v) is 1.74. The number of rotatable bonds is 2. The Morgan fingerprint density at radius 2 is 2.00 bits per heavy atom. The quantitative estimate of drug-likeness (QED) is 0.616. The van der Waals surface area contributed by atoms with Crippen molar-refractivity contribution >= 4 is 22.9 Å². The summed E-state index contributed by atoms with van der Waals surface area (Å²) in [7, 11) is 3.24. The Labute approximate surface area is 63.7 Å². The zero-order valence-electron chi connectivity index (χ0n) is 5.96. The second kappa shape index (κ2) is 4.16. The van der Waals surface area contributed by atoms with Crippen molar-refractivity contribution in [1.82, 2.24) is 4.90 Å². The van der Waals surface area contributed by atoms with Gasteiger partial charge in [-0.2, -0.15) is 0 Å². The number of hydrogen-bond acceptors (Lipinski definition) is 3. The molecule has 0 heterocycles. The molecule has 0 aliphatic carbocycles. The van der Waals surface area contributed by atoms with Crippen LogP contribution in [0.2, 0.25) is 0 Å². The van der Waals surface area contributed by atoms with Crippen molar-refractivity contribution in [3.05, 3.63) is 0 Å². The highest BCUT2D eigenvalue weighted by Crippen LogP contribution is 2.03. The van der Waals surface area contributed by atoms with Gasteiger partial charge >= 0.3 is 0 Å². The van der Waals surface area contributed by atoms with Gasteiger partial charge in [-0.25, -0.2) is 0 Å². The molecular weight excluding hydrogens is 152 g/mol. The standard InChI is InChI=1S/C5H10N2O2S/c1-7(2)5(9)10-3-4(6)8/h3H2,1-2H3,(H2,6,8). The smallest absolute Gasteiger partial charge is 0.281 e. The van der Waals surface area contributed by atoms with Crippen LogP contribution < -0.4 is 5.73 Å². The Morgan fingerprint density at radius 3 is 2.30 bits per heavy atom. The molecule has 5 heteroatoms. The van der Waals surface area contributed by atoms with E-state index in [-0.39, 0.29) is 11.0 Å². The molecule has 2 amide bonds. The normalized spacial score (nSPS) is 9.00. The molecule has 0 saturated carbocycles. The fourth-order valence-electron chi connectivity index (χ4n) is 0.262. The van der Waals surface area contributed by atoms with E-state index >= 15 is 0 Å². The maximum atomic E-state index is 10.7. The molecule has 0 atom stereocenters. The topological polar surface area (TPSA) is 63.4 Å². The highest BCUT2D eigenvalue weighted by Gasteiger charge is 2.05. The summed E-state index contributed by atoms with van der Waals surface area (Å²) in [5, 5.41) is -0.154. The molecule has 0 spiro atoms. The molecule has 0 unspecified atom stereocenters. The van der Waals surface area contributed by atoms with Crippen molar-refractivity contribution in [1.29, 1.82) is 0 Å². The lowest BCUT2D eigenvalue weighted by Crippen LogP contribution is -2.20. The number of amides is 2. The van der Waals surface area contributed by atoms with E-state index < -0.39 is 5.91 Å². The molecule has 2 N–H and O–H groups in total. The van der Waals surface area contributed by atoms with E-state index in [2.05, 4.69) is 0 Å². The summed E-state index contributed by atoms with van der Waals surface area (Å²) < 4.78 is 0. The highest BCUT2D eigenvalue weighted by atomic mass is 32.2. The molecule has 0 saturated heterocycles. The fourth-order valence-corrected chi connectivity index (χ4v) is 0.786. The van der Waals surface area contributed by atoms with E-state index in [4.69, 9.17) is 5.73 Å². The average Bonchev–Trinajstić information content (AvgIpc) is 1.82. The average molecular weight is 162 g/mol. The van der Waals surface area contributed by atoms with Crippen LogP contribution in [0.1, 0.15) is 0 Å².